The topological polar surface area (TPSA) is 46.2 Å². The summed E-state index contributed by atoms with van der Waals surface area (Å²) in [5.74, 6) is -18.1. The lowest BCUT2D eigenvalue weighted by Crippen LogP contribution is -2.63. The van der Waals surface area contributed by atoms with Crippen molar-refractivity contribution < 1.29 is 62.9 Å². The number of carbonyl (C=O) groups excluding carboxylic acids is 1. The second-order valence-corrected chi connectivity index (χ2v) is 3.07. The minimum absolute atomic E-state index is 1.61. The lowest BCUT2D eigenvalue weighted by atomic mass is 10.2. The van der Waals surface area contributed by atoms with E-state index in [-0.39, 0.29) is 0 Å². The molecule has 3 nitrogen and oxygen atoms in total. The van der Waals surface area contributed by atoms with E-state index in [1.807, 2.05) is 0 Å². The van der Waals surface area contributed by atoms with Crippen LogP contribution in [0.1, 0.15) is 0 Å². The molecule has 0 aromatic rings. The van der Waals surface area contributed by atoms with Gasteiger partial charge >= 0.3 is 36.2 Å². The Hall–Kier alpha value is -1.34. The van der Waals surface area contributed by atoms with Crippen LogP contribution < -0.4 is 0 Å². The maximum atomic E-state index is 12.7. The van der Waals surface area contributed by atoms with Crippen LogP contribution in [0.5, 0.6) is 0 Å². The molecule has 0 aromatic heterocycles. The number of carbonyl (C=O) groups is 1. The first-order valence-corrected chi connectivity index (χ1v) is 3.90. The smallest absolute Gasteiger partial charge is 0.277 e. The fourth-order valence-electron chi connectivity index (χ4n) is 0.685. The highest BCUT2D eigenvalue weighted by atomic mass is 19.4. The zero-order valence-electron chi connectivity index (χ0n) is 8.38. The van der Waals surface area contributed by atoms with Crippen molar-refractivity contribution >= 4 is 5.97 Å². The number of halogens is 11. The van der Waals surface area contributed by atoms with Gasteiger partial charge in [0.05, 0.1) is 0 Å². The fourth-order valence-corrected chi connectivity index (χ4v) is 0.685. The van der Waals surface area contributed by atoms with Crippen molar-refractivity contribution in [2.45, 2.75) is 30.2 Å². The molecule has 14 heteroatoms. The standard InChI is InChI=1S/C6F11O3/c7-2(1(18)19,4(9,10)11)20-3(8,5(12,13)14)6(15,16)17. The largest absolute Gasteiger partial charge is 0.460 e. The van der Waals surface area contributed by atoms with Gasteiger partial charge in [0.1, 0.15) is 0 Å². The molecule has 0 heterocycles. The summed E-state index contributed by atoms with van der Waals surface area (Å²) in [7, 11) is 0. The predicted octanol–water partition coefficient (Wildman–Crippen LogP) is 2.98. The lowest BCUT2D eigenvalue weighted by Gasteiger charge is -2.34. The van der Waals surface area contributed by atoms with Gasteiger partial charge in [-0.3, -0.25) is 4.74 Å². The van der Waals surface area contributed by atoms with Crippen LogP contribution in [0.15, 0.2) is 0 Å². The normalized spacial score (nSPS) is 17.8. The molecule has 20 heavy (non-hydrogen) atoms. The Morgan fingerprint density at radius 2 is 0.950 bits per heavy atom. The summed E-state index contributed by atoms with van der Waals surface area (Å²) in [4.78, 5) is 9.77. The Morgan fingerprint density at radius 1 is 0.650 bits per heavy atom. The van der Waals surface area contributed by atoms with Gasteiger partial charge in [-0.15, -0.1) is 0 Å². The number of ether oxygens (including phenoxy) is 1. The summed E-state index contributed by atoms with van der Waals surface area (Å²) in [5, 5.41) is 9.77. The van der Waals surface area contributed by atoms with Gasteiger partial charge in [-0.05, 0) is 0 Å². The number of alkyl halides is 11. The molecular formula is C6F11O3. The van der Waals surface area contributed by atoms with Crippen molar-refractivity contribution in [2.24, 2.45) is 0 Å². The highest BCUT2D eigenvalue weighted by molar-refractivity contribution is 5.76. The molecule has 0 spiro atoms. The van der Waals surface area contributed by atoms with Crippen LogP contribution >= 0.6 is 0 Å². The third-order valence-corrected chi connectivity index (χ3v) is 1.64. The Bertz CT molecular complexity index is 365. The molecule has 1 radical (unpaired) electrons. The minimum atomic E-state index is -7.25. The van der Waals surface area contributed by atoms with Crippen molar-refractivity contribution in [3.05, 3.63) is 0 Å². The first-order chi connectivity index (χ1) is 8.40. The van der Waals surface area contributed by atoms with E-state index in [1.54, 1.807) is 4.74 Å². The third kappa shape index (κ3) is 2.88. The Kier molecular flexibility index (Phi) is 4.29. The molecular weight excluding hydrogens is 329 g/mol. The van der Waals surface area contributed by atoms with Gasteiger partial charge in [-0.25, -0.2) is 9.90 Å². The molecule has 0 aromatic carbocycles. The molecule has 0 N–H and O–H groups in total. The lowest BCUT2D eigenvalue weighted by molar-refractivity contribution is -0.481. The number of rotatable bonds is 3. The van der Waals surface area contributed by atoms with Crippen molar-refractivity contribution in [1.82, 2.24) is 0 Å². The van der Waals surface area contributed by atoms with Crippen molar-refractivity contribution in [2.75, 3.05) is 0 Å². The minimum Gasteiger partial charge on any atom is -0.277 e. The molecule has 0 aliphatic rings. The summed E-state index contributed by atoms with van der Waals surface area (Å²) >= 11 is 0. The van der Waals surface area contributed by atoms with E-state index in [0.29, 0.717) is 0 Å². The van der Waals surface area contributed by atoms with E-state index in [4.69, 9.17) is 0 Å². The molecule has 0 aliphatic heterocycles. The highest BCUT2D eigenvalue weighted by Gasteiger charge is 2.81. The molecule has 0 amide bonds. The first kappa shape index (κ1) is 18.7. The third-order valence-electron chi connectivity index (χ3n) is 1.64. The Balaban J connectivity index is 6.00. The quantitative estimate of drug-likeness (QED) is 0.748. The molecule has 119 valence electrons. The maximum absolute atomic E-state index is 12.7. The van der Waals surface area contributed by atoms with E-state index in [1.165, 1.54) is 0 Å². The van der Waals surface area contributed by atoms with E-state index in [0.717, 1.165) is 0 Å². The van der Waals surface area contributed by atoms with Crippen LogP contribution in [0.3, 0.4) is 0 Å². The second-order valence-electron chi connectivity index (χ2n) is 3.07. The molecule has 0 rings (SSSR count). The zero-order chi connectivity index (χ0) is 16.8. The number of hydrogen-bond donors (Lipinski definition) is 0. The van der Waals surface area contributed by atoms with E-state index in [9.17, 15) is 58.2 Å². The van der Waals surface area contributed by atoms with Crippen LogP contribution in [-0.2, 0) is 14.6 Å². The Morgan fingerprint density at radius 3 is 1.10 bits per heavy atom. The van der Waals surface area contributed by atoms with Gasteiger partial charge in [0.2, 0.25) is 0 Å². The summed E-state index contributed by atoms with van der Waals surface area (Å²) in [5.41, 5.74) is 0. The fraction of sp³-hybridized carbons (Fsp3) is 0.833. The van der Waals surface area contributed by atoms with Gasteiger partial charge in [-0.2, -0.15) is 48.3 Å². The Labute approximate surface area is 100 Å². The van der Waals surface area contributed by atoms with Gasteiger partial charge < -0.3 is 0 Å². The van der Waals surface area contributed by atoms with Gasteiger partial charge in [0.15, 0.2) is 0 Å². The molecule has 0 aliphatic carbocycles. The van der Waals surface area contributed by atoms with Gasteiger partial charge in [0, 0.05) is 0 Å². The van der Waals surface area contributed by atoms with E-state index in [2.05, 4.69) is 0 Å². The molecule has 0 saturated carbocycles. The summed E-state index contributed by atoms with van der Waals surface area (Å²) < 4.78 is 133. The first-order valence-electron chi connectivity index (χ1n) is 3.90. The van der Waals surface area contributed by atoms with Gasteiger partial charge in [-0.1, -0.05) is 0 Å². The van der Waals surface area contributed by atoms with Crippen LogP contribution in [0.25, 0.3) is 0 Å². The van der Waals surface area contributed by atoms with Crippen molar-refractivity contribution in [3.63, 3.8) is 0 Å². The van der Waals surface area contributed by atoms with Crippen LogP contribution in [0.4, 0.5) is 48.3 Å². The van der Waals surface area contributed by atoms with Crippen molar-refractivity contribution in [3.8, 4) is 0 Å². The molecule has 1 unspecified atom stereocenters. The molecule has 0 saturated heterocycles. The van der Waals surface area contributed by atoms with Gasteiger partial charge in [0.25, 0.3) is 0 Å². The van der Waals surface area contributed by atoms with Crippen LogP contribution in [0.2, 0.25) is 0 Å². The van der Waals surface area contributed by atoms with Crippen LogP contribution in [-0.4, -0.2) is 36.2 Å². The highest BCUT2D eigenvalue weighted by Crippen LogP contribution is 2.51. The van der Waals surface area contributed by atoms with Crippen LogP contribution in [0, 0.1) is 0 Å². The van der Waals surface area contributed by atoms with E-state index < -0.39 is 36.2 Å². The second kappa shape index (κ2) is 4.60. The van der Waals surface area contributed by atoms with E-state index >= 15 is 0 Å². The maximum Gasteiger partial charge on any atom is 0.460 e. The SMILES string of the molecule is [O]C(=O)C(F)(OC(F)(C(F)(F)F)C(F)(F)F)C(F)(F)F. The monoisotopic (exact) mass is 329 g/mol. The molecule has 0 bridgehead atoms. The average Bonchev–Trinajstić information content (AvgIpc) is 2.11. The average molecular weight is 329 g/mol. The number of hydrogen-bond acceptors (Lipinski definition) is 2. The summed E-state index contributed by atoms with van der Waals surface area (Å²) in [6, 6.07) is 0. The zero-order valence-corrected chi connectivity index (χ0v) is 8.38. The summed E-state index contributed by atoms with van der Waals surface area (Å²) in [6.45, 7) is 0. The molecule has 1 atom stereocenters. The predicted molar refractivity (Wildman–Crippen MR) is 32.6 cm³/mol. The van der Waals surface area contributed by atoms with Crippen molar-refractivity contribution in [1.29, 1.82) is 0 Å². The summed E-state index contributed by atoms with van der Waals surface area (Å²) in [6.07, 6.45) is -21.5. The molecule has 0 fully saturated rings.